The van der Waals surface area contributed by atoms with E-state index in [0.717, 1.165) is 4.52 Å². The number of nitrogens with two attached hydrogens (primary N) is 1. The molecule has 0 spiro atoms. The first-order valence-electron chi connectivity index (χ1n) is 4.81. The highest BCUT2D eigenvalue weighted by Gasteiger charge is 2.08. The fourth-order valence-corrected chi connectivity index (χ4v) is 1.50. The van der Waals surface area contributed by atoms with E-state index in [1.54, 1.807) is 12.1 Å². The van der Waals surface area contributed by atoms with Gasteiger partial charge in [0.25, 0.3) is 0 Å². The van der Waals surface area contributed by atoms with Crippen molar-refractivity contribution >= 4 is 22.9 Å². The van der Waals surface area contributed by atoms with E-state index in [2.05, 4.69) is 25.4 Å². The topological polar surface area (TPSA) is 120 Å². The Hall–Kier alpha value is -2.62. The van der Waals surface area contributed by atoms with Gasteiger partial charge in [-0.3, -0.25) is 0 Å². The van der Waals surface area contributed by atoms with Crippen molar-refractivity contribution in [2.24, 2.45) is 5.73 Å². The lowest BCUT2D eigenvalue weighted by atomic mass is 10.5. The van der Waals surface area contributed by atoms with Crippen molar-refractivity contribution in [2.75, 3.05) is 0 Å². The number of hydrogen-bond donors (Lipinski definition) is 2. The molecule has 0 saturated carbocycles. The molecule has 3 aromatic rings. The number of nitrogens with one attached hydrogen (secondary N) is 1. The van der Waals surface area contributed by atoms with E-state index in [1.807, 2.05) is 0 Å². The van der Waals surface area contributed by atoms with E-state index in [9.17, 15) is 4.79 Å². The molecule has 10 heteroatoms. The minimum absolute atomic E-state index is 0.0929. The van der Waals surface area contributed by atoms with Gasteiger partial charge in [0.15, 0.2) is 11.5 Å². The molecule has 0 radical (unpaired) electrons. The molecule has 0 atom stereocenters. The standard InChI is InChI=1S/C8H6N8OS/c9-6(18)7-10-3-15(14-7)5-2-1-4-11-12-8(17)16(4)13-5/h1-3H,(H2,9,18)(H,12,17). The van der Waals surface area contributed by atoms with E-state index in [1.165, 1.54) is 11.0 Å². The molecule has 0 unspecified atom stereocenters. The second-order valence-electron chi connectivity index (χ2n) is 3.37. The van der Waals surface area contributed by atoms with Crippen LogP contribution < -0.4 is 11.4 Å². The Labute approximate surface area is 104 Å². The van der Waals surface area contributed by atoms with Crippen LogP contribution in [-0.2, 0) is 0 Å². The summed E-state index contributed by atoms with van der Waals surface area (Å²) in [6.45, 7) is 0. The van der Waals surface area contributed by atoms with Crippen molar-refractivity contribution in [3.8, 4) is 5.82 Å². The van der Waals surface area contributed by atoms with E-state index < -0.39 is 5.69 Å². The van der Waals surface area contributed by atoms with Crippen LogP contribution in [0.15, 0.2) is 23.3 Å². The quantitative estimate of drug-likeness (QED) is 0.547. The Bertz CT molecular complexity index is 799. The lowest BCUT2D eigenvalue weighted by Gasteiger charge is -1.98. The van der Waals surface area contributed by atoms with Gasteiger partial charge in [-0.15, -0.1) is 10.2 Å². The molecule has 0 bridgehead atoms. The fraction of sp³-hybridized carbons (Fsp3) is 0. The molecule has 0 aliphatic carbocycles. The Morgan fingerprint density at radius 1 is 1.39 bits per heavy atom. The average Bonchev–Trinajstić information content (AvgIpc) is 2.96. The Kier molecular flexibility index (Phi) is 2.16. The maximum Gasteiger partial charge on any atom is 0.364 e. The molecule has 0 aliphatic rings. The van der Waals surface area contributed by atoms with Gasteiger partial charge in [-0.1, -0.05) is 12.2 Å². The predicted octanol–water partition coefficient (Wildman–Crippen LogP) is -1.37. The van der Waals surface area contributed by atoms with Crippen LogP contribution in [0.2, 0.25) is 0 Å². The summed E-state index contributed by atoms with van der Waals surface area (Å²) in [5.74, 6) is 0.646. The molecule has 0 fully saturated rings. The van der Waals surface area contributed by atoms with E-state index >= 15 is 0 Å². The maximum atomic E-state index is 11.4. The second-order valence-corrected chi connectivity index (χ2v) is 3.81. The molecule has 3 aromatic heterocycles. The van der Waals surface area contributed by atoms with Crippen LogP contribution in [0.4, 0.5) is 0 Å². The summed E-state index contributed by atoms with van der Waals surface area (Å²) < 4.78 is 2.49. The summed E-state index contributed by atoms with van der Waals surface area (Å²) >= 11 is 4.76. The maximum absolute atomic E-state index is 11.4. The molecule has 0 saturated heterocycles. The van der Waals surface area contributed by atoms with Gasteiger partial charge in [0, 0.05) is 0 Å². The zero-order valence-corrected chi connectivity index (χ0v) is 9.63. The van der Waals surface area contributed by atoms with Crippen LogP contribution in [0.25, 0.3) is 11.5 Å². The van der Waals surface area contributed by atoms with Crippen LogP contribution in [-0.4, -0.2) is 39.6 Å². The highest BCUT2D eigenvalue weighted by atomic mass is 32.1. The first-order valence-corrected chi connectivity index (χ1v) is 5.22. The van der Waals surface area contributed by atoms with Gasteiger partial charge in [-0.2, -0.15) is 9.61 Å². The number of aromatic nitrogens is 7. The second kappa shape index (κ2) is 3.70. The smallest absolute Gasteiger partial charge is 0.364 e. The molecule has 3 N–H and O–H groups in total. The number of rotatable bonds is 2. The lowest BCUT2D eigenvalue weighted by molar-refractivity contribution is 0.776. The summed E-state index contributed by atoms with van der Waals surface area (Å²) in [4.78, 5) is 15.4. The minimum Gasteiger partial charge on any atom is -0.387 e. The number of aromatic amines is 1. The van der Waals surface area contributed by atoms with Gasteiger partial charge in [-0.05, 0) is 12.1 Å². The van der Waals surface area contributed by atoms with Crippen molar-refractivity contribution < 1.29 is 0 Å². The summed E-state index contributed by atoms with van der Waals surface area (Å²) in [5.41, 5.74) is 5.39. The predicted molar refractivity (Wildman–Crippen MR) is 64.4 cm³/mol. The Morgan fingerprint density at radius 2 is 2.22 bits per heavy atom. The molecule has 3 rings (SSSR count). The van der Waals surface area contributed by atoms with Crippen LogP contribution in [0, 0.1) is 0 Å². The van der Waals surface area contributed by atoms with Crippen LogP contribution in [0.1, 0.15) is 5.82 Å². The van der Waals surface area contributed by atoms with Gasteiger partial charge in [0.2, 0.25) is 5.82 Å². The zero-order chi connectivity index (χ0) is 12.7. The first kappa shape index (κ1) is 10.5. The SMILES string of the molecule is NC(=S)c1ncn(-c2ccc3n[nH]c(=O)n3n2)n1. The van der Waals surface area contributed by atoms with Gasteiger partial charge < -0.3 is 5.73 Å². The van der Waals surface area contributed by atoms with Crippen molar-refractivity contribution in [1.29, 1.82) is 0 Å². The molecule has 0 aromatic carbocycles. The highest BCUT2D eigenvalue weighted by Crippen LogP contribution is 2.02. The normalized spacial score (nSPS) is 10.9. The highest BCUT2D eigenvalue weighted by molar-refractivity contribution is 7.80. The molecule has 0 amide bonds. The van der Waals surface area contributed by atoms with Crippen molar-refractivity contribution in [3.63, 3.8) is 0 Å². The third kappa shape index (κ3) is 1.55. The van der Waals surface area contributed by atoms with E-state index in [0.29, 0.717) is 11.5 Å². The number of H-pyrrole nitrogens is 1. The number of thiocarbonyl (C=S) groups is 1. The van der Waals surface area contributed by atoms with Gasteiger partial charge in [-0.25, -0.2) is 19.6 Å². The largest absolute Gasteiger partial charge is 0.387 e. The molecule has 90 valence electrons. The third-order valence-electron chi connectivity index (χ3n) is 2.21. The lowest BCUT2D eigenvalue weighted by Crippen LogP contribution is -2.15. The van der Waals surface area contributed by atoms with Crippen molar-refractivity contribution in [2.45, 2.75) is 0 Å². The first-order chi connectivity index (χ1) is 8.65. The molecule has 18 heavy (non-hydrogen) atoms. The Morgan fingerprint density at radius 3 is 2.94 bits per heavy atom. The van der Waals surface area contributed by atoms with Crippen molar-refractivity contribution in [3.05, 3.63) is 34.8 Å². The third-order valence-corrected chi connectivity index (χ3v) is 2.39. The monoisotopic (exact) mass is 262 g/mol. The van der Waals surface area contributed by atoms with E-state index in [4.69, 9.17) is 18.0 Å². The fourth-order valence-electron chi connectivity index (χ4n) is 1.40. The van der Waals surface area contributed by atoms with Crippen LogP contribution in [0.3, 0.4) is 0 Å². The molecule has 0 aliphatic heterocycles. The zero-order valence-electron chi connectivity index (χ0n) is 8.81. The number of fused-ring (bicyclic) bond motifs is 1. The van der Waals surface area contributed by atoms with Crippen molar-refractivity contribution in [1.82, 2.24) is 34.6 Å². The summed E-state index contributed by atoms with van der Waals surface area (Å²) in [6.07, 6.45) is 1.41. The van der Waals surface area contributed by atoms with Gasteiger partial charge >= 0.3 is 5.69 Å². The van der Waals surface area contributed by atoms with Crippen LogP contribution >= 0.6 is 12.2 Å². The van der Waals surface area contributed by atoms with Gasteiger partial charge in [0.1, 0.15) is 11.3 Å². The molecule has 3 heterocycles. The minimum atomic E-state index is -0.429. The molecule has 9 nitrogen and oxygen atoms in total. The summed E-state index contributed by atoms with van der Waals surface area (Å²) in [7, 11) is 0. The summed E-state index contributed by atoms with van der Waals surface area (Å²) in [6, 6.07) is 3.27. The molecular formula is C8H6N8OS. The summed E-state index contributed by atoms with van der Waals surface area (Å²) in [5, 5.41) is 14.1. The van der Waals surface area contributed by atoms with E-state index in [-0.39, 0.29) is 10.8 Å². The molecular weight excluding hydrogens is 256 g/mol. The number of nitrogens with zero attached hydrogens (tertiary/aromatic N) is 6. The van der Waals surface area contributed by atoms with Gasteiger partial charge in [0.05, 0.1) is 0 Å². The number of hydrogen-bond acceptors (Lipinski definition) is 6. The Balaban J connectivity index is 2.15. The van der Waals surface area contributed by atoms with Crippen LogP contribution in [0.5, 0.6) is 0 Å². The average molecular weight is 262 g/mol.